The van der Waals surface area contributed by atoms with Gasteiger partial charge in [-0.3, -0.25) is 4.68 Å². The molecule has 0 unspecified atom stereocenters. The fraction of sp³-hybridized carbons (Fsp3) is 0.458. The molecule has 0 aliphatic carbocycles. The predicted molar refractivity (Wildman–Crippen MR) is 129 cm³/mol. The summed E-state index contributed by atoms with van der Waals surface area (Å²) in [5.41, 5.74) is 7.47. The van der Waals surface area contributed by atoms with Crippen molar-refractivity contribution in [2.24, 2.45) is 0 Å². The van der Waals surface area contributed by atoms with Gasteiger partial charge in [0.25, 0.3) is 6.43 Å². The molecule has 9 heteroatoms. The van der Waals surface area contributed by atoms with Crippen LogP contribution in [-0.2, 0) is 11.0 Å². The van der Waals surface area contributed by atoms with Gasteiger partial charge in [0.2, 0.25) is 0 Å². The minimum absolute atomic E-state index is 0.0662. The van der Waals surface area contributed by atoms with Crippen LogP contribution in [0.4, 0.5) is 19.0 Å². The van der Waals surface area contributed by atoms with Crippen molar-refractivity contribution in [1.29, 1.82) is 0 Å². The van der Waals surface area contributed by atoms with Crippen LogP contribution < -0.4 is 10.5 Å². The van der Waals surface area contributed by atoms with Gasteiger partial charge in [0.15, 0.2) is 14.1 Å². The molecule has 2 N–H and O–H groups in total. The van der Waals surface area contributed by atoms with Gasteiger partial charge in [-0.2, -0.15) is 5.10 Å². The molecule has 0 aliphatic heterocycles. The maximum absolute atomic E-state index is 14.7. The lowest BCUT2D eigenvalue weighted by Gasteiger charge is -2.36. The van der Waals surface area contributed by atoms with Crippen molar-refractivity contribution in [2.75, 3.05) is 18.9 Å². The summed E-state index contributed by atoms with van der Waals surface area (Å²) in [5.74, 6) is -0.107. The molecule has 5 nitrogen and oxygen atoms in total. The molecule has 0 atom stereocenters. The highest BCUT2D eigenvalue weighted by atomic mass is 28.4. The van der Waals surface area contributed by atoms with Crippen LogP contribution in [0, 0.1) is 5.82 Å². The second-order valence-electron chi connectivity index (χ2n) is 9.62. The maximum atomic E-state index is 14.7. The molecule has 0 saturated heterocycles. The average Bonchev–Trinajstić information content (AvgIpc) is 3.04. The van der Waals surface area contributed by atoms with Crippen LogP contribution in [0.15, 0.2) is 36.4 Å². The largest absolute Gasteiger partial charge is 0.487 e. The zero-order valence-electron chi connectivity index (χ0n) is 19.8. The van der Waals surface area contributed by atoms with Crippen molar-refractivity contribution in [3.8, 4) is 16.9 Å². The Morgan fingerprint density at radius 3 is 2.55 bits per heavy atom. The van der Waals surface area contributed by atoms with E-state index in [2.05, 4.69) is 39.0 Å². The number of aryl methyl sites for hydroxylation is 1. The van der Waals surface area contributed by atoms with Gasteiger partial charge in [0.05, 0.1) is 11.1 Å². The molecule has 0 radical (unpaired) electrons. The molecule has 0 spiro atoms. The summed E-state index contributed by atoms with van der Waals surface area (Å²) in [6, 6.07) is 9.41. The number of nitrogens with zero attached hydrogens (tertiary/aromatic N) is 2. The molecule has 180 valence electrons. The molecule has 0 aliphatic rings. The molecule has 3 aromatic rings. The number of nitrogen functional groups attached to an aromatic ring is 1. The van der Waals surface area contributed by atoms with Crippen LogP contribution in [0.25, 0.3) is 22.0 Å². The smallest absolute Gasteiger partial charge is 0.272 e. The zero-order chi connectivity index (χ0) is 24.4. The second kappa shape index (κ2) is 9.76. The van der Waals surface area contributed by atoms with Gasteiger partial charge < -0.3 is 14.9 Å². The number of hydrogen-bond acceptors (Lipinski definition) is 4. The summed E-state index contributed by atoms with van der Waals surface area (Å²) in [6.07, 6.45) is -1.91. The van der Waals surface area contributed by atoms with Crippen molar-refractivity contribution in [3.63, 3.8) is 0 Å². The summed E-state index contributed by atoms with van der Waals surface area (Å²) in [5, 5.41) is 5.32. The molecular weight excluding hydrogens is 447 g/mol. The maximum Gasteiger partial charge on any atom is 0.272 e. The number of hydrogen-bond donors (Lipinski definition) is 1. The van der Waals surface area contributed by atoms with Crippen molar-refractivity contribution in [2.45, 2.75) is 58.3 Å². The number of benzene rings is 2. The van der Waals surface area contributed by atoms with E-state index in [1.807, 2.05) is 0 Å². The Morgan fingerprint density at radius 1 is 1.15 bits per heavy atom. The standard InChI is InChI=1S/C24H32F3N3O2Si/c1-24(2,3)33(4,5)32-13-7-12-30-19-14-16(10-11-17(19)23(28)29-30)22-18(25)8-6-9-20(22)31-15-21(26)27/h6,8-11,14,21H,7,12-13,15H2,1-5H3,(H2,28,29). The summed E-state index contributed by atoms with van der Waals surface area (Å²) in [7, 11) is -1.84. The van der Waals surface area contributed by atoms with E-state index in [9.17, 15) is 13.2 Å². The Morgan fingerprint density at radius 2 is 1.88 bits per heavy atom. The molecule has 2 aromatic carbocycles. The highest BCUT2D eigenvalue weighted by molar-refractivity contribution is 6.74. The molecule has 1 heterocycles. The number of alkyl halides is 2. The van der Waals surface area contributed by atoms with Crippen LogP contribution in [0.1, 0.15) is 27.2 Å². The Balaban J connectivity index is 1.85. The monoisotopic (exact) mass is 479 g/mol. The van der Waals surface area contributed by atoms with Crippen LogP contribution in [0.2, 0.25) is 18.1 Å². The Labute approximate surface area is 193 Å². The zero-order valence-corrected chi connectivity index (χ0v) is 20.8. The van der Waals surface area contributed by atoms with E-state index in [1.54, 1.807) is 22.9 Å². The Hall–Kier alpha value is -2.52. The van der Waals surface area contributed by atoms with Crippen molar-refractivity contribution in [1.82, 2.24) is 9.78 Å². The lowest BCUT2D eigenvalue weighted by atomic mass is 10.0. The van der Waals surface area contributed by atoms with Crippen LogP contribution in [0.3, 0.4) is 0 Å². The number of ether oxygens (including phenoxy) is 1. The highest BCUT2D eigenvalue weighted by Gasteiger charge is 2.36. The first-order chi connectivity index (χ1) is 15.4. The molecule has 0 bridgehead atoms. The molecule has 0 saturated carbocycles. The number of nitrogens with two attached hydrogens (primary N) is 1. The van der Waals surface area contributed by atoms with Crippen molar-refractivity contribution in [3.05, 3.63) is 42.2 Å². The van der Waals surface area contributed by atoms with Gasteiger partial charge in [0.1, 0.15) is 18.2 Å². The summed E-state index contributed by atoms with van der Waals surface area (Å²) in [6.45, 7) is 11.4. The van der Waals surface area contributed by atoms with E-state index in [0.717, 1.165) is 17.3 Å². The van der Waals surface area contributed by atoms with E-state index in [0.29, 0.717) is 24.5 Å². The SMILES string of the molecule is CC(C)(C)[Si](C)(C)OCCCn1nc(N)c2ccc(-c3c(F)cccc3OCC(F)F)cc21. The minimum Gasteiger partial charge on any atom is -0.487 e. The first kappa shape index (κ1) is 25.1. The summed E-state index contributed by atoms with van der Waals surface area (Å²) < 4.78 is 53.2. The van der Waals surface area contributed by atoms with Gasteiger partial charge in [-0.05, 0) is 54.4 Å². The van der Waals surface area contributed by atoms with Gasteiger partial charge >= 0.3 is 0 Å². The fourth-order valence-electron chi connectivity index (χ4n) is 3.34. The predicted octanol–water partition coefficient (Wildman–Crippen LogP) is 6.48. The minimum atomic E-state index is -2.65. The number of rotatable bonds is 9. The van der Waals surface area contributed by atoms with Crippen LogP contribution in [-0.4, -0.2) is 37.7 Å². The third kappa shape index (κ3) is 5.70. The third-order valence-corrected chi connectivity index (χ3v) is 10.7. The topological polar surface area (TPSA) is 62.3 Å². The van der Waals surface area contributed by atoms with E-state index >= 15 is 0 Å². The first-order valence-corrected chi connectivity index (χ1v) is 13.9. The summed E-state index contributed by atoms with van der Waals surface area (Å²) in [4.78, 5) is 0. The van der Waals surface area contributed by atoms with Gasteiger partial charge in [-0.1, -0.05) is 32.9 Å². The molecule has 33 heavy (non-hydrogen) atoms. The normalized spacial score (nSPS) is 12.6. The van der Waals surface area contributed by atoms with Crippen molar-refractivity contribution >= 4 is 25.0 Å². The fourth-order valence-corrected chi connectivity index (χ4v) is 4.43. The first-order valence-electron chi connectivity index (χ1n) is 11.0. The molecule has 0 amide bonds. The molecular formula is C24H32F3N3O2Si. The number of anilines is 1. The lowest BCUT2D eigenvalue weighted by Crippen LogP contribution is -2.41. The van der Waals surface area contributed by atoms with Gasteiger partial charge in [0, 0.05) is 18.5 Å². The number of halogens is 3. The molecule has 3 rings (SSSR count). The lowest BCUT2D eigenvalue weighted by molar-refractivity contribution is 0.0820. The Bertz CT molecular complexity index is 1110. The average molecular weight is 480 g/mol. The molecule has 0 fully saturated rings. The highest BCUT2D eigenvalue weighted by Crippen LogP contribution is 2.37. The van der Waals surface area contributed by atoms with E-state index in [4.69, 9.17) is 14.9 Å². The van der Waals surface area contributed by atoms with Crippen LogP contribution >= 0.6 is 0 Å². The quantitative estimate of drug-likeness (QED) is 0.282. The van der Waals surface area contributed by atoms with E-state index in [-0.39, 0.29) is 16.4 Å². The van der Waals surface area contributed by atoms with Gasteiger partial charge in [-0.15, -0.1) is 0 Å². The summed E-state index contributed by atoms with van der Waals surface area (Å²) >= 11 is 0. The number of fused-ring (bicyclic) bond motifs is 1. The van der Waals surface area contributed by atoms with Crippen molar-refractivity contribution < 1.29 is 22.3 Å². The van der Waals surface area contributed by atoms with Crippen LogP contribution in [0.5, 0.6) is 5.75 Å². The van der Waals surface area contributed by atoms with E-state index < -0.39 is 27.2 Å². The van der Waals surface area contributed by atoms with Gasteiger partial charge in [-0.25, -0.2) is 13.2 Å². The number of aromatic nitrogens is 2. The Kier molecular flexibility index (Phi) is 7.43. The third-order valence-electron chi connectivity index (χ3n) is 6.19. The van der Waals surface area contributed by atoms with E-state index in [1.165, 1.54) is 18.2 Å². The second-order valence-corrected chi connectivity index (χ2v) is 14.4. The molecule has 1 aromatic heterocycles.